The highest BCUT2D eigenvalue weighted by Crippen LogP contribution is 2.28. The number of aromatic nitrogens is 1. The van der Waals surface area contributed by atoms with Gasteiger partial charge in [0.05, 0.1) is 6.20 Å². The Morgan fingerprint density at radius 2 is 2.14 bits per heavy atom. The number of hydrogen-bond acceptors (Lipinski definition) is 4. The van der Waals surface area contributed by atoms with Crippen molar-refractivity contribution >= 4 is 5.91 Å². The van der Waals surface area contributed by atoms with E-state index in [0.29, 0.717) is 17.8 Å². The molecule has 1 aromatic heterocycles. The van der Waals surface area contributed by atoms with Crippen LogP contribution in [-0.2, 0) is 0 Å². The number of rotatable bonds is 3. The van der Waals surface area contributed by atoms with Gasteiger partial charge in [-0.25, -0.2) is 4.98 Å². The first-order valence-corrected chi connectivity index (χ1v) is 7.38. The minimum atomic E-state index is -0.225. The van der Waals surface area contributed by atoms with Crippen molar-refractivity contribution in [3.8, 4) is 11.3 Å². The molecule has 1 amide bonds. The topological polar surface area (TPSA) is 67.2 Å². The molecule has 108 valence electrons. The third kappa shape index (κ3) is 2.34. The Kier molecular flexibility index (Phi) is 3.00. The summed E-state index contributed by atoms with van der Waals surface area (Å²) in [6.07, 6.45) is 4.95. The highest BCUT2D eigenvalue weighted by Gasteiger charge is 2.40. The van der Waals surface area contributed by atoms with Crippen molar-refractivity contribution in [1.82, 2.24) is 15.6 Å². The van der Waals surface area contributed by atoms with Crippen molar-refractivity contribution in [3.05, 3.63) is 42.4 Å². The Morgan fingerprint density at radius 3 is 2.86 bits per heavy atom. The number of benzene rings is 1. The normalized spacial score (nSPS) is 27.0. The van der Waals surface area contributed by atoms with Crippen LogP contribution in [0.2, 0.25) is 0 Å². The van der Waals surface area contributed by atoms with E-state index < -0.39 is 0 Å². The van der Waals surface area contributed by atoms with Crippen molar-refractivity contribution in [2.24, 2.45) is 0 Å². The molecular formula is C16H17N3O2. The van der Waals surface area contributed by atoms with Crippen molar-refractivity contribution < 1.29 is 9.21 Å². The minimum absolute atomic E-state index is 0.136. The summed E-state index contributed by atoms with van der Waals surface area (Å²) in [6.45, 7) is 0. The predicted molar refractivity (Wildman–Crippen MR) is 77.8 cm³/mol. The van der Waals surface area contributed by atoms with Gasteiger partial charge in [0.2, 0.25) is 0 Å². The summed E-state index contributed by atoms with van der Waals surface area (Å²) in [5.74, 6) is 0.528. The van der Waals surface area contributed by atoms with Gasteiger partial charge in [-0.15, -0.1) is 0 Å². The average molecular weight is 283 g/mol. The second-order valence-electron chi connectivity index (χ2n) is 5.76. The molecule has 5 nitrogen and oxygen atoms in total. The molecule has 0 spiro atoms. The Labute approximate surface area is 122 Å². The molecule has 0 unspecified atom stereocenters. The molecule has 21 heavy (non-hydrogen) atoms. The van der Waals surface area contributed by atoms with Crippen molar-refractivity contribution in [2.75, 3.05) is 0 Å². The Balaban J connectivity index is 1.47. The van der Waals surface area contributed by atoms with Crippen LogP contribution in [0.25, 0.3) is 11.3 Å². The molecule has 3 heterocycles. The number of carbonyl (C=O) groups is 1. The van der Waals surface area contributed by atoms with Crippen molar-refractivity contribution in [3.63, 3.8) is 0 Å². The van der Waals surface area contributed by atoms with Gasteiger partial charge in [0.1, 0.15) is 0 Å². The van der Waals surface area contributed by atoms with Gasteiger partial charge in [-0.1, -0.05) is 30.3 Å². The van der Waals surface area contributed by atoms with Crippen LogP contribution in [0.5, 0.6) is 0 Å². The van der Waals surface area contributed by atoms with Gasteiger partial charge in [0.15, 0.2) is 5.76 Å². The summed E-state index contributed by atoms with van der Waals surface area (Å²) in [6, 6.07) is 10.8. The van der Waals surface area contributed by atoms with E-state index in [4.69, 9.17) is 4.42 Å². The summed E-state index contributed by atoms with van der Waals surface area (Å²) < 4.78 is 5.58. The maximum atomic E-state index is 12.2. The van der Waals surface area contributed by atoms with E-state index in [1.165, 1.54) is 6.42 Å². The lowest BCUT2D eigenvalue weighted by Gasteiger charge is -2.20. The van der Waals surface area contributed by atoms with Gasteiger partial charge in [0.25, 0.3) is 5.89 Å². The van der Waals surface area contributed by atoms with E-state index in [1.807, 2.05) is 30.3 Å². The van der Waals surface area contributed by atoms with Crippen LogP contribution in [-0.4, -0.2) is 29.0 Å². The molecule has 5 heteroatoms. The molecule has 2 saturated heterocycles. The lowest BCUT2D eigenvalue weighted by molar-refractivity contribution is 0.0896. The lowest BCUT2D eigenvalue weighted by atomic mass is 9.95. The van der Waals surface area contributed by atoms with Gasteiger partial charge in [0, 0.05) is 23.7 Å². The van der Waals surface area contributed by atoms with Crippen LogP contribution in [0.15, 0.2) is 40.9 Å². The summed E-state index contributed by atoms with van der Waals surface area (Å²) in [4.78, 5) is 16.3. The molecule has 0 saturated carbocycles. The molecule has 0 aliphatic carbocycles. The first-order valence-electron chi connectivity index (χ1n) is 7.38. The van der Waals surface area contributed by atoms with Gasteiger partial charge in [-0.2, -0.15) is 0 Å². The fourth-order valence-corrected chi connectivity index (χ4v) is 3.33. The van der Waals surface area contributed by atoms with Crippen LogP contribution in [0.1, 0.15) is 29.9 Å². The third-order valence-corrected chi connectivity index (χ3v) is 4.37. The highest BCUT2D eigenvalue weighted by atomic mass is 16.4. The van der Waals surface area contributed by atoms with Gasteiger partial charge >= 0.3 is 5.91 Å². The van der Waals surface area contributed by atoms with Crippen LogP contribution in [0.3, 0.4) is 0 Å². The van der Waals surface area contributed by atoms with Crippen LogP contribution in [0.4, 0.5) is 0 Å². The minimum Gasteiger partial charge on any atom is -0.432 e. The number of carbonyl (C=O) groups excluding carboxylic acids is 1. The molecule has 2 bridgehead atoms. The van der Waals surface area contributed by atoms with Crippen LogP contribution >= 0.6 is 0 Å². The standard InChI is InChI=1S/C16H17N3O2/c20-15(19-13-8-11-6-7-12(13)18-11)16-17-9-14(21-16)10-4-2-1-3-5-10/h1-5,9,11-13,18H,6-8H2,(H,19,20)/t11-,12-,13+/m0/s1. The summed E-state index contributed by atoms with van der Waals surface area (Å²) in [7, 11) is 0. The molecule has 2 aliphatic rings. The number of nitrogens with zero attached hydrogens (tertiary/aromatic N) is 1. The summed E-state index contributed by atoms with van der Waals surface area (Å²) in [5.41, 5.74) is 0.922. The highest BCUT2D eigenvalue weighted by molar-refractivity contribution is 5.90. The average Bonchev–Trinajstić information content (AvgIpc) is 3.24. The Hall–Kier alpha value is -2.14. The fourth-order valence-electron chi connectivity index (χ4n) is 3.33. The number of oxazole rings is 1. The number of hydrogen-bond donors (Lipinski definition) is 2. The second kappa shape index (κ2) is 5.00. The monoisotopic (exact) mass is 283 g/mol. The molecule has 1 aromatic carbocycles. The third-order valence-electron chi connectivity index (χ3n) is 4.37. The summed E-state index contributed by atoms with van der Waals surface area (Å²) >= 11 is 0. The summed E-state index contributed by atoms with van der Waals surface area (Å²) in [5, 5.41) is 6.53. The molecule has 0 radical (unpaired) electrons. The molecule has 2 N–H and O–H groups in total. The molecule has 3 atom stereocenters. The van der Waals surface area contributed by atoms with E-state index in [1.54, 1.807) is 6.20 Å². The first-order chi connectivity index (χ1) is 10.3. The van der Waals surface area contributed by atoms with Crippen molar-refractivity contribution in [2.45, 2.75) is 37.4 Å². The Bertz CT molecular complexity index is 653. The molecular weight excluding hydrogens is 266 g/mol. The number of amides is 1. The van der Waals surface area contributed by atoms with Crippen molar-refractivity contribution in [1.29, 1.82) is 0 Å². The zero-order valence-corrected chi connectivity index (χ0v) is 11.6. The van der Waals surface area contributed by atoms with Crippen LogP contribution < -0.4 is 10.6 Å². The first kappa shape index (κ1) is 12.6. The molecule has 2 fully saturated rings. The van der Waals surface area contributed by atoms with E-state index in [9.17, 15) is 4.79 Å². The largest absolute Gasteiger partial charge is 0.432 e. The van der Waals surface area contributed by atoms with E-state index >= 15 is 0 Å². The fraction of sp³-hybridized carbons (Fsp3) is 0.375. The number of nitrogens with one attached hydrogen (secondary N) is 2. The SMILES string of the molecule is O=C(N[C@@H]1C[C@@H]2CC[C@@H]1N2)c1ncc(-c2ccccc2)o1. The van der Waals surface area contributed by atoms with Gasteiger partial charge < -0.3 is 15.1 Å². The van der Waals surface area contributed by atoms with E-state index in [-0.39, 0.29) is 17.8 Å². The maximum Gasteiger partial charge on any atom is 0.307 e. The smallest absolute Gasteiger partial charge is 0.307 e. The molecule has 2 aromatic rings. The van der Waals surface area contributed by atoms with Crippen LogP contribution in [0, 0.1) is 0 Å². The second-order valence-corrected chi connectivity index (χ2v) is 5.76. The quantitative estimate of drug-likeness (QED) is 0.903. The predicted octanol–water partition coefficient (Wildman–Crippen LogP) is 1.96. The lowest BCUT2D eigenvalue weighted by Crippen LogP contribution is -2.43. The maximum absolute atomic E-state index is 12.2. The molecule has 2 aliphatic heterocycles. The zero-order valence-electron chi connectivity index (χ0n) is 11.6. The van der Waals surface area contributed by atoms with Gasteiger partial charge in [-0.3, -0.25) is 4.79 Å². The zero-order chi connectivity index (χ0) is 14.2. The van der Waals surface area contributed by atoms with E-state index in [0.717, 1.165) is 18.4 Å². The Morgan fingerprint density at radius 1 is 1.29 bits per heavy atom. The van der Waals surface area contributed by atoms with Gasteiger partial charge in [-0.05, 0) is 19.3 Å². The van der Waals surface area contributed by atoms with E-state index in [2.05, 4.69) is 15.6 Å². The number of fused-ring (bicyclic) bond motifs is 2. The molecule has 4 rings (SSSR count).